The minimum atomic E-state index is 1.01. The van der Waals surface area contributed by atoms with Crippen LogP contribution in [0.3, 0.4) is 0 Å². The summed E-state index contributed by atoms with van der Waals surface area (Å²) in [5, 5.41) is 0. The predicted octanol–water partition coefficient (Wildman–Crippen LogP) is -6.49. The molecule has 0 amide bonds. The van der Waals surface area contributed by atoms with Crippen LogP contribution >= 0.6 is 0 Å². The predicted molar refractivity (Wildman–Crippen MR) is 54.7 cm³/mol. The molecule has 0 N–H and O–H groups in total. The van der Waals surface area contributed by atoms with Crippen LogP contribution in [0.2, 0.25) is 0 Å². The highest BCUT2D eigenvalue weighted by Gasteiger charge is 1.97. The Morgan fingerprint density at radius 2 is 1.20 bits per heavy atom. The van der Waals surface area contributed by atoms with Crippen LogP contribution in [0, 0.1) is 0 Å². The van der Waals surface area contributed by atoms with Gasteiger partial charge in [-0.05, 0) is 0 Å². The Bertz CT molecular complexity index is 238. The third-order valence-electron chi connectivity index (χ3n) is 1.74. The third-order valence-corrected chi connectivity index (χ3v) is 7.59. The molecule has 0 saturated heterocycles. The summed E-state index contributed by atoms with van der Waals surface area (Å²) in [5.41, 5.74) is 0. The fourth-order valence-electron chi connectivity index (χ4n) is 0.940. The van der Waals surface area contributed by atoms with Gasteiger partial charge in [-0.1, -0.05) is 9.11 Å². The topological polar surface area (TPSA) is 25.8 Å². The molecule has 0 aliphatic heterocycles. The molecule has 2 nitrogen and oxygen atoms in total. The smallest absolute Gasteiger partial charge is 0.280 e. The van der Waals surface area contributed by atoms with E-state index in [0.717, 1.165) is 69.8 Å². The van der Waals surface area contributed by atoms with E-state index in [4.69, 9.17) is 0 Å². The summed E-state index contributed by atoms with van der Waals surface area (Å²) < 4.78 is 5.29. The molecule has 0 aliphatic carbocycles. The van der Waals surface area contributed by atoms with E-state index in [1.165, 1.54) is 13.5 Å². The molecule has 6 heteroatoms. The Kier molecular flexibility index (Phi) is 3.48. The second-order valence-corrected chi connectivity index (χ2v) is 6.36. The molecule has 1 aromatic heterocycles. The fraction of sp³-hybridized carbons (Fsp3) is 0. The van der Waals surface area contributed by atoms with E-state index in [0.29, 0.717) is 0 Å². The monoisotopic (exact) mass is 192 g/mol. The van der Waals surface area contributed by atoms with Crippen molar-refractivity contribution in [2.75, 3.05) is 0 Å². The van der Waals surface area contributed by atoms with E-state index in [2.05, 4.69) is 9.97 Å². The van der Waals surface area contributed by atoms with Gasteiger partial charge in [-0.3, -0.25) is 9.97 Å². The van der Waals surface area contributed by atoms with Crippen molar-refractivity contribution in [2.24, 2.45) is 0 Å². The molecule has 0 aromatic carbocycles. The number of hydrogen-bond donors (Lipinski definition) is 0. The summed E-state index contributed by atoms with van der Waals surface area (Å²) in [7, 11) is 0. The minimum Gasteiger partial charge on any atom is -0.280 e. The van der Waals surface area contributed by atoms with Crippen molar-refractivity contribution in [1.82, 2.24) is 9.97 Å². The van der Waals surface area contributed by atoms with Gasteiger partial charge in [-0.15, -0.1) is 4.43 Å². The molecule has 0 bridgehead atoms. The Morgan fingerprint density at radius 1 is 0.800 bits per heavy atom. The first kappa shape index (κ1) is 9.30. The highest BCUT2D eigenvalue weighted by molar-refractivity contribution is 6.56. The molecule has 10 heavy (non-hydrogen) atoms. The zero-order chi connectivity index (χ0) is 7.72. The van der Waals surface area contributed by atoms with Gasteiger partial charge in [0.1, 0.15) is 0 Å². The number of hydrogen-bond acceptors (Lipinski definition) is 2. The molecule has 46 valence electrons. The second kappa shape index (κ2) is 3.74. The molecule has 0 radical (unpaired) electrons. The van der Waals surface area contributed by atoms with Crippen molar-refractivity contribution in [2.45, 2.75) is 0 Å². The standard InChI is InChI=1S/C4N2.4Al.8H/c1-2-5-4-6-3-1;;;;;;;;;;;;. The summed E-state index contributed by atoms with van der Waals surface area (Å²) in [4.78, 5) is 8.81. The van der Waals surface area contributed by atoms with E-state index < -0.39 is 0 Å². The molecule has 1 aromatic rings. The Hall–Kier alpha value is 1.21. The Labute approximate surface area is 92.5 Å². The molecule has 0 saturated carbocycles. The zero-order valence-electron chi connectivity index (χ0n) is 6.89. The molecular formula is C4H8Al4N2. The molecule has 0 aliphatic rings. The maximum Gasteiger partial charge on any atom is 0.321 e. The fourth-order valence-corrected chi connectivity index (χ4v) is 4.60. The first-order valence-corrected chi connectivity index (χ1v) is 7.39. The van der Waals surface area contributed by atoms with Crippen LogP contribution in [-0.4, -0.2) is 75.1 Å². The SMILES string of the molecule is [AlH2][c]1n[c]([AlH2])[c]([AlH2])[c]([AlH2])n1. The summed E-state index contributed by atoms with van der Waals surface area (Å²) in [6.07, 6.45) is 0. The Morgan fingerprint density at radius 3 is 1.60 bits per heavy atom. The largest absolute Gasteiger partial charge is 0.321 e. The van der Waals surface area contributed by atoms with Crippen LogP contribution in [0.25, 0.3) is 0 Å². The summed E-state index contributed by atoms with van der Waals surface area (Å²) in [6.45, 7) is 0. The van der Waals surface area contributed by atoms with E-state index in [-0.39, 0.29) is 0 Å². The van der Waals surface area contributed by atoms with Gasteiger partial charge in [0.2, 0.25) is 0 Å². The molecule has 0 atom stereocenters. The number of aromatic nitrogens is 2. The van der Waals surface area contributed by atoms with Gasteiger partial charge in [-0.2, -0.15) is 0 Å². The molecule has 1 rings (SSSR count). The van der Waals surface area contributed by atoms with Crippen molar-refractivity contribution in [3.05, 3.63) is 0 Å². The first-order chi connectivity index (χ1) is 4.61. The van der Waals surface area contributed by atoms with E-state index in [1.807, 2.05) is 0 Å². The van der Waals surface area contributed by atoms with Gasteiger partial charge in [0.05, 0.1) is 0 Å². The van der Waals surface area contributed by atoms with E-state index in [1.54, 1.807) is 0 Å². The maximum atomic E-state index is 4.40. The van der Waals surface area contributed by atoms with Gasteiger partial charge >= 0.3 is 16.3 Å². The van der Waals surface area contributed by atoms with Gasteiger partial charge in [-0.25, -0.2) is 0 Å². The normalized spacial score (nSPS) is 9.60. The lowest BCUT2D eigenvalue weighted by atomic mass is 10.6. The molecule has 0 fully saturated rings. The second-order valence-electron chi connectivity index (χ2n) is 2.57. The molecular weight excluding hydrogens is 184 g/mol. The zero-order valence-corrected chi connectivity index (χ0v) is 14.9. The van der Waals surface area contributed by atoms with Crippen molar-refractivity contribution < 1.29 is 0 Å². The van der Waals surface area contributed by atoms with Crippen LogP contribution < -0.4 is 18.2 Å². The van der Waals surface area contributed by atoms with Crippen LogP contribution in [-0.2, 0) is 0 Å². The van der Waals surface area contributed by atoms with Crippen LogP contribution in [0.1, 0.15) is 0 Å². The van der Waals surface area contributed by atoms with Crippen molar-refractivity contribution in [3.63, 3.8) is 0 Å². The highest BCUT2D eigenvalue weighted by atomic mass is 27.1. The van der Waals surface area contributed by atoms with E-state index >= 15 is 0 Å². The Balaban J connectivity index is 3.31. The van der Waals surface area contributed by atoms with E-state index in [9.17, 15) is 0 Å². The third kappa shape index (κ3) is 2.10. The van der Waals surface area contributed by atoms with Gasteiger partial charge in [0.15, 0.2) is 0 Å². The maximum absolute atomic E-state index is 4.40. The van der Waals surface area contributed by atoms with Crippen molar-refractivity contribution >= 4 is 83.4 Å². The van der Waals surface area contributed by atoms with Crippen LogP contribution in [0.15, 0.2) is 0 Å². The molecule has 1 heterocycles. The lowest BCUT2D eigenvalue weighted by Crippen LogP contribution is -2.48. The average molecular weight is 192 g/mol. The number of rotatable bonds is 0. The summed E-state index contributed by atoms with van der Waals surface area (Å²) >= 11 is 4.35. The van der Waals surface area contributed by atoms with Gasteiger partial charge in [0.25, 0.3) is 48.9 Å². The van der Waals surface area contributed by atoms with Gasteiger partial charge in [0, 0.05) is 4.69 Å². The first-order valence-electron chi connectivity index (χ1n) is 3.39. The van der Waals surface area contributed by atoms with Crippen molar-refractivity contribution in [3.8, 4) is 0 Å². The van der Waals surface area contributed by atoms with Crippen LogP contribution in [0.4, 0.5) is 0 Å². The summed E-state index contributed by atoms with van der Waals surface area (Å²) in [5.74, 6) is 0. The van der Waals surface area contributed by atoms with Gasteiger partial charge < -0.3 is 0 Å². The molecule has 0 unspecified atom stereocenters. The lowest BCUT2D eigenvalue weighted by Gasteiger charge is -2.05. The van der Waals surface area contributed by atoms with Crippen molar-refractivity contribution in [1.29, 1.82) is 0 Å². The summed E-state index contributed by atoms with van der Waals surface area (Å²) in [6, 6.07) is 0. The quantitative estimate of drug-likeness (QED) is 0.382. The minimum absolute atomic E-state index is 1.01. The van der Waals surface area contributed by atoms with Crippen LogP contribution in [0.5, 0.6) is 0 Å². The average Bonchev–Trinajstić information content (AvgIpc) is 1.82. The molecule has 0 spiro atoms. The highest BCUT2D eigenvalue weighted by Crippen LogP contribution is 1.53. The lowest BCUT2D eigenvalue weighted by molar-refractivity contribution is 1.33. The number of nitrogens with zero attached hydrogens (tertiary/aromatic N) is 2.